The van der Waals surface area contributed by atoms with E-state index >= 15 is 0 Å². The van der Waals surface area contributed by atoms with Gasteiger partial charge in [-0.05, 0) is 0 Å². The topological polar surface area (TPSA) is 295 Å². The molecule has 0 aromatic carbocycles. The molecule has 0 aliphatic rings. The molecule has 15 heavy (non-hydrogen) atoms. The molecule has 0 fully saturated rings. The summed E-state index contributed by atoms with van der Waals surface area (Å²) in [5.74, 6) is 0. The van der Waals surface area contributed by atoms with Crippen molar-refractivity contribution in [1.82, 2.24) is 0 Å². The van der Waals surface area contributed by atoms with E-state index in [-0.39, 0.29) is 148 Å². The van der Waals surface area contributed by atoms with E-state index in [1.54, 1.807) is 0 Å². The van der Waals surface area contributed by atoms with Gasteiger partial charge in [-0.1, -0.05) is 0 Å². The Labute approximate surface area is 173 Å². The molecular formula is H20KMgNaO11S. The van der Waals surface area contributed by atoms with Gasteiger partial charge in [0.15, 0.2) is 0 Å². The van der Waals surface area contributed by atoms with Gasteiger partial charge in [-0.2, -0.15) is 8.42 Å². The monoisotopic (exact) mass is 314 g/mol. The van der Waals surface area contributed by atoms with E-state index < -0.39 is 10.4 Å². The molecule has 0 aliphatic carbocycles. The quantitative estimate of drug-likeness (QED) is 0.324. The molecule has 0 spiro atoms. The molecule has 0 saturated heterocycles. The Hall–Kier alpha value is 2.99. The Balaban J connectivity index is -0.000000000879. The van der Waals surface area contributed by atoms with E-state index in [0.717, 1.165) is 0 Å². The average molecular weight is 315 g/mol. The summed E-state index contributed by atoms with van der Waals surface area (Å²) in [5, 5.41) is 0. The fraction of sp³-hybridized carbons (Fsp3) is 0. The van der Waals surface area contributed by atoms with E-state index in [4.69, 9.17) is 17.5 Å². The van der Waals surface area contributed by atoms with Crippen molar-refractivity contribution in [2.45, 2.75) is 0 Å². The van der Waals surface area contributed by atoms with Crippen LogP contribution in [0, 0.1) is 0 Å². The largest absolute Gasteiger partial charge is 2.00 e. The molecule has 0 atom stereocenters. The van der Waals surface area contributed by atoms with Crippen LogP contribution < -0.4 is 80.9 Å². The average Bonchev–Trinajstić information content (AvgIpc) is 0.722. The molecule has 0 aromatic heterocycles. The second-order valence-electron chi connectivity index (χ2n) is 0.448. The third-order valence-corrected chi connectivity index (χ3v) is 0. The fourth-order valence-corrected chi connectivity index (χ4v) is 0. The van der Waals surface area contributed by atoms with Gasteiger partial charge in [-0.25, -0.2) is 0 Å². The van der Waals surface area contributed by atoms with Crippen molar-refractivity contribution in [3.63, 3.8) is 0 Å². The first-order chi connectivity index (χ1) is 2.00. The van der Waals surface area contributed by atoms with Gasteiger partial charge in [0, 0.05) is 0 Å². The Morgan fingerprint density at radius 3 is 0.733 bits per heavy atom. The van der Waals surface area contributed by atoms with Gasteiger partial charge in [0.1, 0.15) is 0 Å². The van der Waals surface area contributed by atoms with Crippen molar-refractivity contribution in [2.75, 3.05) is 0 Å². The molecular weight excluding hydrogens is 294 g/mol. The summed E-state index contributed by atoms with van der Waals surface area (Å²) >= 11 is 0. The zero-order valence-corrected chi connectivity index (χ0v) is 15.7. The van der Waals surface area contributed by atoms with Crippen LogP contribution in [0.2, 0.25) is 0 Å². The van der Waals surface area contributed by atoms with Gasteiger partial charge in [0.05, 0.1) is 0 Å². The number of rotatable bonds is 0. The molecule has 0 unspecified atom stereocenters. The Kier molecular flexibility index (Phi) is 381. The maximum Gasteiger partial charge on any atom is 2.00 e. The minimum atomic E-state index is -4.67. The SMILES string of the molecule is O.O.O.O.O.O.O.O=S(=O)(O)O.[H-].[H-].[H-].[H-].[K+].[Mg+2].[Na+]. The summed E-state index contributed by atoms with van der Waals surface area (Å²) < 4.78 is 31.6. The maximum atomic E-state index is 8.74. The van der Waals surface area contributed by atoms with Crippen LogP contribution in [0.3, 0.4) is 0 Å². The number of hydrogen-bond acceptors (Lipinski definition) is 2. The Morgan fingerprint density at radius 2 is 0.733 bits per heavy atom. The summed E-state index contributed by atoms with van der Waals surface area (Å²) in [6, 6.07) is 0. The number of hydrogen-bond donors (Lipinski definition) is 2. The molecule has 0 heterocycles. The van der Waals surface area contributed by atoms with Crippen LogP contribution in [0.4, 0.5) is 0 Å². The molecule has 0 radical (unpaired) electrons. The van der Waals surface area contributed by atoms with Crippen LogP contribution >= 0.6 is 0 Å². The first-order valence-corrected chi connectivity index (χ1v) is 2.10. The van der Waals surface area contributed by atoms with E-state index in [2.05, 4.69) is 0 Å². The zero-order valence-electron chi connectivity index (χ0n) is 12.3. The Bertz CT molecular complexity index is 118. The van der Waals surface area contributed by atoms with Crippen molar-refractivity contribution < 1.29 is 143 Å². The second kappa shape index (κ2) is 53.7. The predicted molar refractivity (Wildman–Crippen MR) is 49.7 cm³/mol. The fourth-order valence-electron chi connectivity index (χ4n) is 0. The third-order valence-electron chi connectivity index (χ3n) is 0. The normalized spacial score (nSPS) is 3.87. The van der Waals surface area contributed by atoms with E-state index in [1.165, 1.54) is 0 Å². The summed E-state index contributed by atoms with van der Waals surface area (Å²) in [5.41, 5.74) is 0. The van der Waals surface area contributed by atoms with Crippen molar-refractivity contribution in [3.8, 4) is 0 Å². The van der Waals surface area contributed by atoms with Crippen LogP contribution in [0.25, 0.3) is 0 Å². The smallest absolute Gasteiger partial charge is 1.00 e. The zero-order chi connectivity index (χ0) is 4.50. The van der Waals surface area contributed by atoms with Gasteiger partial charge in [0.25, 0.3) is 0 Å². The van der Waals surface area contributed by atoms with Gasteiger partial charge in [-0.15, -0.1) is 0 Å². The van der Waals surface area contributed by atoms with Crippen LogP contribution in [0.5, 0.6) is 0 Å². The summed E-state index contributed by atoms with van der Waals surface area (Å²) in [6.45, 7) is 0. The van der Waals surface area contributed by atoms with Crippen molar-refractivity contribution in [3.05, 3.63) is 0 Å². The third kappa shape index (κ3) is 426. The van der Waals surface area contributed by atoms with Crippen LogP contribution in [-0.4, -0.2) is 78.9 Å². The minimum Gasteiger partial charge on any atom is -1.00 e. The summed E-state index contributed by atoms with van der Waals surface area (Å²) in [7, 11) is -4.67. The van der Waals surface area contributed by atoms with Crippen LogP contribution in [0.1, 0.15) is 5.71 Å². The van der Waals surface area contributed by atoms with Gasteiger partial charge in [-0.3, -0.25) is 9.11 Å². The van der Waals surface area contributed by atoms with Crippen molar-refractivity contribution in [1.29, 1.82) is 0 Å². The standard InChI is InChI=1S/K.Mg.Na.H2O4S.7H2O.4H/c;;;1-5(2,3)4;;;;;;;;;;;/h;;;(H2,1,2,3,4);7*1H2;;;;/q+1;+2;+1;;;;;;;;;4*-1. The van der Waals surface area contributed by atoms with Gasteiger partial charge >= 0.3 is 114 Å². The molecule has 15 heteroatoms. The van der Waals surface area contributed by atoms with E-state index in [0.29, 0.717) is 0 Å². The molecule has 11 nitrogen and oxygen atoms in total. The van der Waals surface area contributed by atoms with Crippen molar-refractivity contribution in [2.24, 2.45) is 0 Å². The minimum absolute atomic E-state index is 0. The molecule has 0 rings (SSSR count). The van der Waals surface area contributed by atoms with E-state index in [1.807, 2.05) is 0 Å². The van der Waals surface area contributed by atoms with Crippen LogP contribution in [0.15, 0.2) is 0 Å². The molecule has 0 saturated carbocycles. The molecule has 0 bridgehead atoms. The molecule has 0 aliphatic heterocycles. The second-order valence-corrected chi connectivity index (χ2v) is 1.34. The molecule has 0 amide bonds. The molecule has 0 aromatic rings. The summed E-state index contributed by atoms with van der Waals surface area (Å²) in [4.78, 5) is 0. The molecule has 16 N–H and O–H groups in total. The summed E-state index contributed by atoms with van der Waals surface area (Å²) in [6.07, 6.45) is 0. The first kappa shape index (κ1) is 106. The van der Waals surface area contributed by atoms with Crippen molar-refractivity contribution >= 4 is 33.5 Å². The first-order valence-electron chi connectivity index (χ1n) is 0.698. The van der Waals surface area contributed by atoms with Gasteiger partial charge < -0.3 is 44.0 Å². The predicted octanol–water partition coefficient (Wildman–Crippen LogP) is -12.3. The maximum absolute atomic E-state index is 8.74. The molecule has 96 valence electrons. The van der Waals surface area contributed by atoms with Gasteiger partial charge in [0.2, 0.25) is 0 Å². The van der Waals surface area contributed by atoms with Crippen LogP contribution in [-0.2, 0) is 10.4 Å². The Morgan fingerprint density at radius 1 is 0.733 bits per heavy atom. The van der Waals surface area contributed by atoms with E-state index in [9.17, 15) is 0 Å².